The summed E-state index contributed by atoms with van der Waals surface area (Å²) in [5.74, 6) is 1.34. The molecule has 1 aromatic rings. The summed E-state index contributed by atoms with van der Waals surface area (Å²) in [6, 6.07) is 5.20. The number of hydrogen-bond acceptors (Lipinski definition) is 3. The maximum atomic E-state index is 12.4. The molecule has 0 unspecified atom stereocenters. The molecule has 1 saturated carbocycles. The first-order valence-corrected chi connectivity index (χ1v) is 6.38. The van der Waals surface area contributed by atoms with Crippen LogP contribution in [0.4, 0.5) is 5.69 Å². The second-order valence-corrected chi connectivity index (χ2v) is 4.74. The van der Waals surface area contributed by atoms with E-state index in [0.29, 0.717) is 29.5 Å². The largest absolute Gasteiger partial charge is 0.497 e. The molecule has 1 amide bonds. The summed E-state index contributed by atoms with van der Waals surface area (Å²) in [6.07, 6.45) is 2.47. The van der Waals surface area contributed by atoms with Crippen molar-refractivity contribution >= 4 is 11.6 Å². The van der Waals surface area contributed by atoms with Gasteiger partial charge in [0.1, 0.15) is 5.75 Å². The lowest BCUT2D eigenvalue weighted by atomic mass is 10.1. The molecule has 0 aliphatic heterocycles. The maximum absolute atomic E-state index is 12.4. The van der Waals surface area contributed by atoms with Gasteiger partial charge < -0.3 is 15.4 Å². The molecule has 4 heteroatoms. The Morgan fingerprint density at radius 2 is 2.22 bits per heavy atom. The zero-order valence-electron chi connectivity index (χ0n) is 11.0. The van der Waals surface area contributed by atoms with E-state index in [1.807, 2.05) is 11.8 Å². The lowest BCUT2D eigenvalue weighted by Gasteiger charge is -2.21. The number of nitrogens with two attached hydrogens (primary N) is 1. The Morgan fingerprint density at radius 3 is 2.78 bits per heavy atom. The normalized spacial score (nSPS) is 14.3. The molecule has 1 aliphatic rings. The van der Waals surface area contributed by atoms with Crippen molar-refractivity contribution in [2.75, 3.05) is 25.9 Å². The average molecular weight is 248 g/mol. The number of anilines is 1. The molecule has 2 N–H and O–H groups in total. The van der Waals surface area contributed by atoms with Crippen LogP contribution in [-0.4, -0.2) is 31.0 Å². The van der Waals surface area contributed by atoms with E-state index in [9.17, 15) is 4.79 Å². The van der Waals surface area contributed by atoms with Crippen LogP contribution in [0.2, 0.25) is 0 Å². The summed E-state index contributed by atoms with van der Waals surface area (Å²) in [7, 11) is 1.58. The van der Waals surface area contributed by atoms with E-state index in [4.69, 9.17) is 10.5 Å². The third-order valence-electron chi connectivity index (χ3n) is 3.34. The van der Waals surface area contributed by atoms with E-state index in [1.165, 1.54) is 12.8 Å². The zero-order valence-corrected chi connectivity index (χ0v) is 11.0. The molecule has 0 atom stereocenters. The number of benzene rings is 1. The van der Waals surface area contributed by atoms with E-state index in [0.717, 1.165) is 6.54 Å². The zero-order chi connectivity index (χ0) is 13.1. The minimum atomic E-state index is 0.000741. The first-order valence-electron chi connectivity index (χ1n) is 6.38. The number of methoxy groups -OCH3 is 1. The lowest BCUT2D eigenvalue weighted by molar-refractivity contribution is 0.0757. The van der Waals surface area contributed by atoms with Gasteiger partial charge in [-0.05, 0) is 43.9 Å². The molecule has 1 aromatic carbocycles. The average Bonchev–Trinajstić information content (AvgIpc) is 3.19. The second kappa shape index (κ2) is 5.29. The Kier molecular flexibility index (Phi) is 3.75. The SMILES string of the molecule is CCN(CC1CC1)C(=O)c1cc(OC)ccc1N. The fraction of sp³-hybridized carbons (Fsp3) is 0.500. The van der Waals surface area contributed by atoms with Crippen LogP contribution in [0, 0.1) is 5.92 Å². The van der Waals surface area contributed by atoms with Gasteiger partial charge in [-0.1, -0.05) is 0 Å². The predicted molar refractivity (Wildman–Crippen MR) is 71.7 cm³/mol. The number of carbonyl (C=O) groups excluding carboxylic acids is 1. The van der Waals surface area contributed by atoms with Gasteiger partial charge in [0.25, 0.3) is 5.91 Å². The fourth-order valence-corrected chi connectivity index (χ4v) is 1.99. The number of hydrogen-bond donors (Lipinski definition) is 1. The molecular weight excluding hydrogens is 228 g/mol. The highest BCUT2D eigenvalue weighted by Crippen LogP contribution is 2.30. The minimum absolute atomic E-state index is 0.000741. The molecule has 18 heavy (non-hydrogen) atoms. The molecule has 0 radical (unpaired) electrons. The van der Waals surface area contributed by atoms with Crippen molar-refractivity contribution in [3.05, 3.63) is 23.8 Å². The van der Waals surface area contributed by atoms with Crippen LogP contribution in [0.1, 0.15) is 30.1 Å². The number of nitrogen functional groups attached to an aromatic ring is 1. The fourth-order valence-electron chi connectivity index (χ4n) is 1.99. The Balaban J connectivity index is 2.19. The van der Waals surface area contributed by atoms with Crippen molar-refractivity contribution in [3.8, 4) is 5.75 Å². The summed E-state index contributed by atoms with van der Waals surface area (Å²) in [5, 5.41) is 0. The van der Waals surface area contributed by atoms with Crippen molar-refractivity contribution in [2.24, 2.45) is 5.92 Å². The van der Waals surface area contributed by atoms with Crippen LogP contribution in [0.5, 0.6) is 5.75 Å². The van der Waals surface area contributed by atoms with Crippen molar-refractivity contribution < 1.29 is 9.53 Å². The van der Waals surface area contributed by atoms with Gasteiger partial charge in [-0.25, -0.2) is 0 Å². The van der Waals surface area contributed by atoms with E-state index in [2.05, 4.69) is 0 Å². The highest BCUT2D eigenvalue weighted by atomic mass is 16.5. The first kappa shape index (κ1) is 12.7. The summed E-state index contributed by atoms with van der Waals surface area (Å²) in [6.45, 7) is 3.55. The van der Waals surface area contributed by atoms with Gasteiger partial charge in [-0.3, -0.25) is 4.79 Å². The van der Waals surface area contributed by atoms with Gasteiger partial charge in [0.05, 0.1) is 12.7 Å². The smallest absolute Gasteiger partial charge is 0.256 e. The number of amides is 1. The van der Waals surface area contributed by atoms with Gasteiger partial charge in [0.2, 0.25) is 0 Å². The molecule has 1 aliphatic carbocycles. The van der Waals surface area contributed by atoms with Gasteiger partial charge in [0, 0.05) is 18.8 Å². The van der Waals surface area contributed by atoms with Crippen molar-refractivity contribution in [2.45, 2.75) is 19.8 Å². The highest BCUT2D eigenvalue weighted by molar-refractivity contribution is 5.99. The molecule has 0 heterocycles. The van der Waals surface area contributed by atoms with Crippen LogP contribution in [-0.2, 0) is 0 Å². The van der Waals surface area contributed by atoms with E-state index >= 15 is 0 Å². The van der Waals surface area contributed by atoms with E-state index in [-0.39, 0.29) is 5.91 Å². The van der Waals surface area contributed by atoms with Crippen LogP contribution >= 0.6 is 0 Å². The first-order chi connectivity index (χ1) is 8.65. The van der Waals surface area contributed by atoms with Crippen molar-refractivity contribution in [1.29, 1.82) is 0 Å². The van der Waals surface area contributed by atoms with Crippen LogP contribution < -0.4 is 10.5 Å². The van der Waals surface area contributed by atoms with Gasteiger partial charge in [-0.2, -0.15) is 0 Å². The Morgan fingerprint density at radius 1 is 1.50 bits per heavy atom. The molecule has 0 aromatic heterocycles. The van der Waals surface area contributed by atoms with E-state index < -0.39 is 0 Å². The van der Waals surface area contributed by atoms with E-state index in [1.54, 1.807) is 25.3 Å². The number of rotatable bonds is 5. The Labute approximate surface area is 108 Å². The minimum Gasteiger partial charge on any atom is -0.497 e. The standard InChI is InChI=1S/C14H20N2O2/c1-3-16(9-10-4-5-10)14(17)12-8-11(18-2)6-7-13(12)15/h6-8,10H,3-5,9,15H2,1-2H3. The molecular formula is C14H20N2O2. The van der Waals surface area contributed by atoms with Crippen LogP contribution in [0.3, 0.4) is 0 Å². The van der Waals surface area contributed by atoms with Crippen molar-refractivity contribution in [3.63, 3.8) is 0 Å². The molecule has 4 nitrogen and oxygen atoms in total. The number of nitrogens with zero attached hydrogens (tertiary/aromatic N) is 1. The molecule has 98 valence electrons. The van der Waals surface area contributed by atoms with Crippen LogP contribution in [0.15, 0.2) is 18.2 Å². The van der Waals surface area contributed by atoms with Gasteiger partial charge in [-0.15, -0.1) is 0 Å². The summed E-state index contributed by atoms with van der Waals surface area (Å²) in [4.78, 5) is 14.3. The Bertz CT molecular complexity index is 441. The summed E-state index contributed by atoms with van der Waals surface area (Å²) < 4.78 is 5.14. The predicted octanol–water partition coefficient (Wildman–Crippen LogP) is 2.15. The lowest BCUT2D eigenvalue weighted by Crippen LogP contribution is -2.33. The summed E-state index contributed by atoms with van der Waals surface area (Å²) in [5.41, 5.74) is 6.93. The third kappa shape index (κ3) is 2.75. The van der Waals surface area contributed by atoms with Crippen molar-refractivity contribution in [1.82, 2.24) is 4.90 Å². The monoisotopic (exact) mass is 248 g/mol. The van der Waals surface area contributed by atoms with Gasteiger partial charge >= 0.3 is 0 Å². The molecule has 0 bridgehead atoms. The molecule has 0 spiro atoms. The molecule has 0 saturated heterocycles. The highest BCUT2D eigenvalue weighted by Gasteiger charge is 2.27. The summed E-state index contributed by atoms with van der Waals surface area (Å²) >= 11 is 0. The molecule has 1 fully saturated rings. The number of carbonyl (C=O) groups is 1. The third-order valence-corrected chi connectivity index (χ3v) is 3.34. The second-order valence-electron chi connectivity index (χ2n) is 4.74. The number of ether oxygens (including phenoxy) is 1. The maximum Gasteiger partial charge on any atom is 0.256 e. The topological polar surface area (TPSA) is 55.6 Å². The Hall–Kier alpha value is -1.71. The quantitative estimate of drug-likeness (QED) is 0.812. The molecule has 2 rings (SSSR count). The van der Waals surface area contributed by atoms with Crippen LogP contribution in [0.25, 0.3) is 0 Å². The van der Waals surface area contributed by atoms with Gasteiger partial charge in [0.15, 0.2) is 0 Å².